The molecule has 2 saturated heterocycles. The molecule has 1 aromatic heterocycles. The van der Waals surface area contributed by atoms with E-state index in [1.54, 1.807) is 0 Å². The van der Waals surface area contributed by atoms with E-state index in [9.17, 15) is 4.79 Å². The Bertz CT molecular complexity index is 656. The Hall–Kier alpha value is -1.57. The summed E-state index contributed by atoms with van der Waals surface area (Å²) in [5.41, 5.74) is 2.25. The Morgan fingerprint density at radius 1 is 1.37 bits per heavy atom. The normalized spacial score (nSPS) is 25.1. The first-order chi connectivity index (χ1) is 13.2. The highest BCUT2D eigenvalue weighted by molar-refractivity contribution is 5.79. The molecule has 1 amide bonds. The molecule has 2 fully saturated rings. The van der Waals surface area contributed by atoms with Crippen LogP contribution in [0.3, 0.4) is 0 Å². The number of hydrogen-bond acceptors (Lipinski definition) is 6. The van der Waals surface area contributed by atoms with Crippen LogP contribution >= 0.6 is 0 Å². The lowest BCUT2D eigenvalue weighted by Crippen LogP contribution is -2.45. The molecule has 0 aliphatic carbocycles. The van der Waals surface area contributed by atoms with Crippen molar-refractivity contribution < 1.29 is 9.53 Å². The number of ether oxygens (including phenoxy) is 1. The number of fused-ring (bicyclic) bond motifs is 1. The fraction of sp³-hybridized carbons (Fsp3) is 0.750. The van der Waals surface area contributed by atoms with Crippen molar-refractivity contribution in [2.24, 2.45) is 5.92 Å². The van der Waals surface area contributed by atoms with E-state index in [0.717, 1.165) is 82.4 Å². The van der Waals surface area contributed by atoms with Gasteiger partial charge in [-0.1, -0.05) is 6.92 Å². The van der Waals surface area contributed by atoms with Gasteiger partial charge < -0.3 is 15.0 Å². The van der Waals surface area contributed by atoms with Crippen LogP contribution in [0.4, 0.5) is 0 Å². The standard InChI is InChI=1S/C20H31N5O2/c1-15(13-24-7-9-27-10-8-24)20(26)25-6-4-18-17(14-25)12-22-19(23-18)16-3-2-5-21-11-16/h12,15-16,21H,2-11,13-14H2,1H3/t15-,16+/m0/s1. The summed E-state index contributed by atoms with van der Waals surface area (Å²) >= 11 is 0. The number of nitrogens with zero attached hydrogens (tertiary/aromatic N) is 4. The van der Waals surface area contributed by atoms with Gasteiger partial charge in [-0.25, -0.2) is 9.97 Å². The zero-order chi connectivity index (χ0) is 18.6. The lowest BCUT2D eigenvalue weighted by atomic mass is 9.98. The molecule has 3 aliphatic rings. The maximum absolute atomic E-state index is 12.9. The summed E-state index contributed by atoms with van der Waals surface area (Å²) in [6.45, 7) is 9.73. The minimum atomic E-state index is 0.0122. The fourth-order valence-electron chi connectivity index (χ4n) is 4.35. The maximum Gasteiger partial charge on any atom is 0.227 e. The number of piperidine rings is 1. The molecule has 1 aromatic rings. The van der Waals surface area contributed by atoms with Crippen molar-refractivity contribution in [2.75, 3.05) is 52.5 Å². The number of morpholine rings is 1. The van der Waals surface area contributed by atoms with Crippen molar-refractivity contribution in [3.63, 3.8) is 0 Å². The van der Waals surface area contributed by atoms with E-state index in [1.807, 2.05) is 18.0 Å². The average molecular weight is 374 g/mol. The van der Waals surface area contributed by atoms with Gasteiger partial charge in [-0.05, 0) is 19.4 Å². The molecule has 7 nitrogen and oxygen atoms in total. The van der Waals surface area contributed by atoms with E-state index in [0.29, 0.717) is 12.5 Å². The van der Waals surface area contributed by atoms with Crippen LogP contribution in [0.25, 0.3) is 0 Å². The summed E-state index contributed by atoms with van der Waals surface area (Å²) in [5.74, 6) is 1.66. The zero-order valence-corrected chi connectivity index (χ0v) is 16.3. The van der Waals surface area contributed by atoms with Crippen molar-refractivity contribution in [1.29, 1.82) is 0 Å². The Morgan fingerprint density at radius 2 is 2.22 bits per heavy atom. The monoisotopic (exact) mass is 373 g/mol. The summed E-state index contributed by atoms with van der Waals surface area (Å²) < 4.78 is 5.40. The highest BCUT2D eigenvalue weighted by atomic mass is 16.5. The second kappa shape index (κ2) is 8.63. The molecule has 0 saturated carbocycles. The number of aromatic nitrogens is 2. The van der Waals surface area contributed by atoms with Crippen LogP contribution in [0.2, 0.25) is 0 Å². The van der Waals surface area contributed by atoms with Crippen molar-refractivity contribution in [3.05, 3.63) is 23.3 Å². The van der Waals surface area contributed by atoms with Gasteiger partial charge in [0, 0.05) is 69.3 Å². The predicted octanol–water partition coefficient (Wildman–Crippen LogP) is 0.797. The number of amides is 1. The van der Waals surface area contributed by atoms with Crippen LogP contribution in [0, 0.1) is 5.92 Å². The quantitative estimate of drug-likeness (QED) is 0.842. The molecule has 0 bridgehead atoms. The van der Waals surface area contributed by atoms with E-state index >= 15 is 0 Å². The molecule has 4 heterocycles. The molecule has 0 spiro atoms. The topological polar surface area (TPSA) is 70.6 Å². The van der Waals surface area contributed by atoms with Crippen LogP contribution in [-0.4, -0.2) is 78.2 Å². The molecule has 7 heteroatoms. The van der Waals surface area contributed by atoms with Crippen molar-refractivity contribution >= 4 is 5.91 Å². The highest BCUT2D eigenvalue weighted by Crippen LogP contribution is 2.24. The van der Waals surface area contributed by atoms with Gasteiger partial charge in [-0.3, -0.25) is 9.69 Å². The third-order valence-electron chi connectivity index (χ3n) is 5.98. The van der Waals surface area contributed by atoms with E-state index in [4.69, 9.17) is 9.72 Å². The fourth-order valence-corrected chi connectivity index (χ4v) is 4.35. The predicted molar refractivity (Wildman–Crippen MR) is 102 cm³/mol. The van der Waals surface area contributed by atoms with Gasteiger partial charge in [-0.2, -0.15) is 0 Å². The lowest BCUT2D eigenvalue weighted by molar-refractivity contribution is -0.137. The van der Waals surface area contributed by atoms with E-state index in [-0.39, 0.29) is 11.8 Å². The largest absolute Gasteiger partial charge is 0.379 e. The van der Waals surface area contributed by atoms with Gasteiger partial charge in [0.15, 0.2) is 0 Å². The Kier molecular flexibility index (Phi) is 6.00. The van der Waals surface area contributed by atoms with Crippen LogP contribution in [0.1, 0.15) is 42.8 Å². The molecule has 0 radical (unpaired) electrons. The van der Waals surface area contributed by atoms with Crippen molar-refractivity contribution in [3.8, 4) is 0 Å². The smallest absolute Gasteiger partial charge is 0.227 e. The highest BCUT2D eigenvalue weighted by Gasteiger charge is 2.28. The van der Waals surface area contributed by atoms with Crippen LogP contribution in [0.5, 0.6) is 0 Å². The first-order valence-electron chi connectivity index (χ1n) is 10.3. The average Bonchev–Trinajstić information content (AvgIpc) is 2.74. The number of rotatable bonds is 4. The Balaban J connectivity index is 1.36. The van der Waals surface area contributed by atoms with Gasteiger partial charge >= 0.3 is 0 Å². The summed E-state index contributed by atoms with van der Waals surface area (Å²) in [6.07, 6.45) is 5.14. The summed E-state index contributed by atoms with van der Waals surface area (Å²) in [6, 6.07) is 0. The van der Waals surface area contributed by atoms with Gasteiger partial charge in [0.1, 0.15) is 5.82 Å². The maximum atomic E-state index is 12.9. The van der Waals surface area contributed by atoms with Gasteiger partial charge in [0.25, 0.3) is 0 Å². The molecule has 1 N–H and O–H groups in total. The molecule has 4 rings (SSSR count). The number of carbonyl (C=O) groups excluding carboxylic acids is 1. The van der Waals surface area contributed by atoms with Crippen LogP contribution in [-0.2, 0) is 22.5 Å². The molecule has 0 aromatic carbocycles. The minimum Gasteiger partial charge on any atom is -0.379 e. The van der Waals surface area contributed by atoms with Gasteiger partial charge in [-0.15, -0.1) is 0 Å². The van der Waals surface area contributed by atoms with E-state index < -0.39 is 0 Å². The molecule has 2 atom stereocenters. The first kappa shape index (κ1) is 18.8. The van der Waals surface area contributed by atoms with Crippen molar-refractivity contribution in [1.82, 2.24) is 25.1 Å². The van der Waals surface area contributed by atoms with Gasteiger partial charge in [0.2, 0.25) is 5.91 Å². The molecule has 148 valence electrons. The summed E-state index contributed by atoms with van der Waals surface area (Å²) in [4.78, 5) is 26.7. The SMILES string of the molecule is C[C@@H](CN1CCOCC1)C(=O)N1CCc2nc([C@@H]3CCCNC3)ncc2C1. The van der Waals surface area contributed by atoms with Gasteiger partial charge in [0.05, 0.1) is 18.9 Å². The molecular weight excluding hydrogens is 342 g/mol. The first-order valence-corrected chi connectivity index (χ1v) is 10.3. The molecule has 3 aliphatic heterocycles. The number of nitrogens with one attached hydrogen (secondary N) is 1. The van der Waals surface area contributed by atoms with Crippen LogP contribution in [0.15, 0.2) is 6.20 Å². The molecule has 0 unspecified atom stereocenters. The Labute approximate surface area is 161 Å². The van der Waals surface area contributed by atoms with Crippen LogP contribution < -0.4 is 5.32 Å². The zero-order valence-electron chi connectivity index (χ0n) is 16.3. The van der Waals surface area contributed by atoms with Crippen molar-refractivity contribution in [2.45, 2.75) is 38.6 Å². The Morgan fingerprint density at radius 3 is 3.00 bits per heavy atom. The lowest BCUT2D eigenvalue weighted by Gasteiger charge is -2.33. The third kappa shape index (κ3) is 4.47. The number of hydrogen-bond donors (Lipinski definition) is 1. The van der Waals surface area contributed by atoms with E-state index in [2.05, 4.69) is 15.2 Å². The van der Waals surface area contributed by atoms with E-state index in [1.165, 1.54) is 6.42 Å². The third-order valence-corrected chi connectivity index (χ3v) is 5.98. The molecular formula is C20H31N5O2. The second-order valence-corrected chi connectivity index (χ2v) is 8.07. The molecule has 27 heavy (non-hydrogen) atoms. The number of carbonyl (C=O) groups is 1. The second-order valence-electron chi connectivity index (χ2n) is 8.07. The summed E-state index contributed by atoms with van der Waals surface area (Å²) in [7, 11) is 0. The summed E-state index contributed by atoms with van der Waals surface area (Å²) in [5, 5.41) is 3.44. The minimum absolute atomic E-state index is 0.0122.